The van der Waals surface area contributed by atoms with Crippen LogP contribution in [0.1, 0.15) is 45.1 Å². The monoisotopic (exact) mass is 396 g/mol. The van der Waals surface area contributed by atoms with Crippen molar-refractivity contribution in [3.63, 3.8) is 0 Å². The Hall–Kier alpha value is -2.19. The van der Waals surface area contributed by atoms with Gasteiger partial charge in [0.15, 0.2) is 0 Å². The summed E-state index contributed by atoms with van der Waals surface area (Å²) in [5.74, 6) is -3.81. The molecule has 1 aromatic rings. The molecule has 1 aliphatic carbocycles. The number of hydrogen-bond acceptors (Lipinski definition) is 5. The summed E-state index contributed by atoms with van der Waals surface area (Å²) in [5, 5.41) is 18.6. The summed E-state index contributed by atoms with van der Waals surface area (Å²) >= 11 is 0. The molecule has 3 rings (SSSR count). The van der Waals surface area contributed by atoms with Crippen molar-refractivity contribution in [2.45, 2.75) is 63.8 Å². The number of nitrogens with zero attached hydrogens (tertiary/aromatic N) is 1. The molecule has 1 saturated carbocycles. The van der Waals surface area contributed by atoms with Crippen LogP contribution in [0.15, 0.2) is 18.2 Å². The van der Waals surface area contributed by atoms with Gasteiger partial charge in [0.2, 0.25) is 0 Å². The molecule has 2 fully saturated rings. The predicted molar refractivity (Wildman–Crippen MR) is 103 cm³/mol. The number of aliphatic carboxylic acids is 2. The summed E-state index contributed by atoms with van der Waals surface area (Å²) in [6.07, 6.45) is 4.97. The average molecular weight is 396 g/mol. The zero-order valence-corrected chi connectivity index (χ0v) is 16.6. The molecule has 0 unspecified atom stereocenters. The minimum absolute atomic E-state index is 0.0557. The molecule has 1 aliphatic heterocycles. The van der Waals surface area contributed by atoms with E-state index in [-0.39, 0.29) is 11.4 Å². The molecule has 0 bridgehead atoms. The fourth-order valence-electron chi connectivity index (χ4n) is 4.01. The molecule has 0 aromatic heterocycles. The van der Waals surface area contributed by atoms with Crippen molar-refractivity contribution in [2.24, 2.45) is 0 Å². The van der Waals surface area contributed by atoms with Gasteiger partial charge in [-0.05, 0) is 38.8 Å². The van der Waals surface area contributed by atoms with Crippen LogP contribution in [0.4, 0.5) is 10.1 Å². The number of carboxylic acids is 2. The van der Waals surface area contributed by atoms with Gasteiger partial charge < -0.3 is 25.2 Å². The van der Waals surface area contributed by atoms with E-state index in [0.717, 1.165) is 12.2 Å². The molecule has 0 radical (unpaired) electrons. The van der Waals surface area contributed by atoms with Gasteiger partial charge >= 0.3 is 11.9 Å². The van der Waals surface area contributed by atoms with Crippen LogP contribution in [-0.2, 0) is 20.9 Å². The lowest BCUT2D eigenvalue weighted by Crippen LogP contribution is -2.67. The third-order valence-corrected chi connectivity index (χ3v) is 5.12. The van der Waals surface area contributed by atoms with Gasteiger partial charge in [-0.25, -0.2) is 14.0 Å². The van der Waals surface area contributed by atoms with E-state index in [1.54, 1.807) is 13.2 Å². The Labute approximate surface area is 164 Å². The first kappa shape index (κ1) is 22.1. The second-order valence-corrected chi connectivity index (χ2v) is 7.93. The number of fused-ring (bicyclic) bond motifs is 1. The number of hydrogen-bond donors (Lipinski definition) is 3. The zero-order valence-electron chi connectivity index (χ0n) is 16.6. The van der Waals surface area contributed by atoms with E-state index >= 15 is 0 Å². The second-order valence-electron chi connectivity index (χ2n) is 7.93. The maximum absolute atomic E-state index is 14.3. The Morgan fingerprint density at radius 3 is 2.46 bits per heavy atom. The van der Waals surface area contributed by atoms with Crippen LogP contribution in [0.2, 0.25) is 0 Å². The molecule has 156 valence electrons. The fourth-order valence-corrected chi connectivity index (χ4v) is 4.01. The summed E-state index contributed by atoms with van der Waals surface area (Å²) in [5.41, 5.74) is 1.69. The number of piperazine rings is 1. The summed E-state index contributed by atoms with van der Waals surface area (Å²) in [6, 6.07) is 6.58. The molecule has 0 amide bonds. The van der Waals surface area contributed by atoms with E-state index in [0.29, 0.717) is 24.3 Å². The number of halogens is 1. The first-order valence-corrected chi connectivity index (χ1v) is 9.42. The van der Waals surface area contributed by atoms with E-state index in [9.17, 15) is 4.39 Å². The first-order chi connectivity index (χ1) is 13.1. The van der Waals surface area contributed by atoms with E-state index in [2.05, 4.69) is 24.1 Å². The fraction of sp³-hybridized carbons (Fsp3) is 0.600. The highest BCUT2D eigenvalue weighted by atomic mass is 19.1. The van der Waals surface area contributed by atoms with Crippen molar-refractivity contribution in [3.8, 4) is 0 Å². The molecule has 1 heterocycles. The number of ether oxygens (including phenoxy) is 1. The Morgan fingerprint density at radius 2 is 1.89 bits per heavy atom. The number of methoxy groups -OCH3 is 1. The number of nitrogens with one attached hydrogen (secondary N) is 1. The molecular formula is C20H29FN2O5. The van der Waals surface area contributed by atoms with Crippen molar-refractivity contribution < 1.29 is 28.9 Å². The van der Waals surface area contributed by atoms with Crippen LogP contribution >= 0.6 is 0 Å². The van der Waals surface area contributed by atoms with Crippen LogP contribution in [0.3, 0.4) is 0 Å². The molecule has 3 N–H and O–H groups in total. The van der Waals surface area contributed by atoms with Crippen molar-refractivity contribution in [3.05, 3.63) is 29.6 Å². The van der Waals surface area contributed by atoms with Crippen LogP contribution in [0.25, 0.3) is 0 Å². The van der Waals surface area contributed by atoms with E-state index < -0.39 is 11.9 Å². The Kier molecular flexibility index (Phi) is 7.37. The van der Waals surface area contributed by atoms with Gasteiger partial charge in [-0.1, -0.05) is 18.9 Å². The lowest BCUT2D eigenvalue weighted by atomic mass is 9.83. The normalized spacial score (nSPS) is 23.2. The third kappa shape index (κ3) is 5.65. The molecule has 1 aromatic carbocycles. The van der Waals surface area contributed by atoms with Crippen LogP contribution in [0, 0.1) is 5.82 Å². The van der Waals surface area contributed by atoms with Gasteiger partial charge in [-0.2, -0.15) is 0 Å². The maximum atomic E-state index is 14.3. The van der Waals surface area contributed by atoms with Gasteiger partial charge in [-0.15, -0.1) is 0 Å². The zero-order chi connectivity index (χ0) is 20.9. The van der Waals surface area contributed by atoms with Gasteiger partial charge in [0.25, 0.3) is 0 Å². The highest BCUT2D eigenvalue weighted by molar-refractivity contribution is 6.27. The Balaban J connectivity index is 0.000000409. The van der Waals surface area contributed by atoms with Gasteiger partial charge in [0.05, 0.1) is 6.61 Å². The number of carboxylic acid groups (broad SMARTS) is 2. The maximum Gasteiger partial charge on any atom is 0.414 e. The summed E-state index contributed by atoms with van der Waals surface area (Å²) < 4.78 is 19.3. The SMILES string of the molecule is COCc1ccc(N2CC(C)(C)N[C@H]3CCCC[C@@H]32)cc1F.O=C(O)C(=O)O. The van der Waals surface area contributed by atoms with Crippen molar-refractivity contribution in [1.82, 2.24) is 5.32 Å². The number of anilines is 1. The molecular weight excluding hydrogens is 367 g/mol. The largest absolute Gasteiger partial charge is 0.473 e. The topological polar surface area (TPSA) is 99.1 Å². The summed E-state index contributed by atoms with van der Waals surface area (Å²) in [7, 11) is 1.60. The van der Waals surface area contributed by atoms with Crippen LogP contribution in [-0.4, -0.2) is 53.4 Å². The number of rotatable bonds is 3. The second kappa shape index (κ2) is 9.34. The Morgan fingerprint density at radius 1 is 1.25 bits per heavy atom. The van der Waals surface area contributed by atoms with E-state index in [1.807, 2.05) is 12.1 Å². The van der Waals surface area contributed by atoms with Crippen molar-refractivity contribution in [1.29, 1.82) is 0 Å². The molecule has 2 atom stereocenters. The van der Waals surface area contributed by atoms with Crippen LogP contribution < -0.4 is 10.2 Å². The van der Waals surface area contributed by atoms with Crippen molar-refractivity contribution in [2.75, 3.05) is 18.6 Å². The summed E-state index contributed by atoms with van der Waals surface area (Å²) in [4.78, 5) is 20.6. The quantitative estimate of drug-likeness (QED) is 0.676. The first-order valence-electron chi connectivity index (χ1n) is 9.42. The van der Waals surface area contributed by atoms with Gasteiger partial charge in [0, 0.05) is 42.5 Å². The molecule has 0 spiro atoms. The molecule has 1 saturated heterocycles. The lowest BCUT2D eigenvalue weighted by molar-refractivity contribution is -0.159. The predicted octanol–water partition coefficient (Wildman–Crippen LogP) is 2.63. The number of carbonyl (C=O) groups is 2. The summed E-state index contributed by atoms with van der Waals surface area (Å²) in [6.45, 7) is 5.71. The molecule has 2 aliphatic rings. The lowest BCUT2D eigenvalue weighted by Gasteiger charge is -2.52. The van der Waals surface area contributed by atoms with Crippen LogP contribution in [0.5, 0.6) is 0 Å². The van der Waals surface area contributed by atoms with Gasteiger partial charge in [-0.3, -0.25) is 0 Å². The standard InChI is InChI=1S/C18H27FN2O.C2H2O4/c1-18(2)12-21(17-7-5-4-6-16(17)20-18)14-9-8-13(11-22-3)15(19)10-14;3-1(4)2(5)6/h8-10,16-17,20H,4-7,11-12H2,1-3H3;(H,3,4)(H,5,6)/t16-,17-;/m0./s1. The molecule has 7 nitrogen and oxygen atoms in total. The highest BCUT2D eigenvalue weighted by Gasteiger charge is 2.40. The molecule has 8 heteroatoms. The van der Waals surface area contributed by atoms with E-state index in [1.165, 1.54) is 25.7 Å². The third-order valence-electron chi connectivity index (χ3n) is 5.12. The van der Waals surface area contributed by atoms with Crippen molar-refractivity contribution >= 4 is 17.6 Å². The minimum Gasteiger partial charge on any atom is -0.473 e. The molecule has 28 heavy (non-hydrogen) atoms. The number of benzene rings is 1. The highest BCUT2D eigenvalue weighted by Crippen LogP contribution is 2.34. The van der Waals surface area contributed by atoms with Gasteiger partial charge in [0.1, 0.15) is 5.82 Å². The minimum atomic E-state index is -1.82. The average Bonchev–Trinajstić information content (AvgIpc) is 2.62. The van der Waals surface area contributed by atoms with E-state index in [4.69, 9.17) is 24.5 Å². The Bertz CT molecular complexity index is 698. The smallest absolute Gasteiger partial charge is 0.414 e.